The second kappa shape index (κ2) is 7.58. The first-order valence-corrected chi connectivity index (χ1v) is 8.19. The maximum Gasteiger partial charge on any atom is 0.240 e. The molecule has 0 heterocycles. The first-order valence-electron chi connectivity index (χ1n) is 6.70. The molecule has 120 valence electrons. The van der Waals surface area contributed by atoms with Crippen molar-refractivity contribution >= 4 is 15.7 Å². The number of anilines is 1. The smallest absolute Gasteiger partial charge is 0.240 e. The summed E-state index contributed by atoms with van der Waals surface area (Å²) >= 11 is 0. The molecule has 1 aromatic carbocycles. The van der Waals surface area contributed by atoms with E-state index in [0.29, 0.717) is 6.54 Å². The predicted molar refractivity (Wildman–Crippen MR) is 80.3 cm³/mol. The number of nitrogens with zero attached hydrogens (tertiary/aromatic N) is 1. The van der Waals surface area contributed by atoms with Gasteiger partial charge in [-0.15, -0.1) is 0 Å². The molecule has 3 N–H and O–H groups in total. The van der Waals surface area contributed by atoms with Crippen molar-refractivity contribution in [2.45, 2.75) is 18.7 Å². The van der Waals surface area contributed by atoms with Crippen LogP contribution in [0.4, 0.5) is 10.1 Å². The van der Waals surface area contributed by atoms with Gasteiger partial charge < -0.3 is 15.4 Å². The lowest BCUT2D eigenvalue weighted by molar-refractivity contribution is 0.309. The Morgan fingerprint density at radius 2 is 1.95 bits per heavy atom. The highest BCUT2D eigenvalue weighted by atomic mass is 32.2. The van der Waals surface area contributed by atoms with Gasteiger partial charge in [0.25, 0.3) is 0 Å². The van der Waals surface area contributed by atoms with Gasteiger partial charge in [-0.2, -0.15) is 0 Å². The van der Waals surface area contributed by atoms with E-state index in [2.05, 4.69) is 9.62 Å². The van der Waals surface area contributed by atoms with Crippen molar-refractivity contribution in [3.63, 3.8) is 0 Å². The summed E-state index contributed by atoms with van der Waals surface area (Å²) in [5.41, 5.74) is 5.53. The average Bonchev–Trinajstić information content (AvgIpc) is 2.43. The number of hydrogen-bond donors (Lipinski definition) is 2. The molecule has 0 saturated carbocycles. The number of benzene rings is 1. The summed E-state index contributed by atoms with van der Waals surface area (Å²) in [4.78, 5) is 1.86. The van der Waals surface area contributed by atoms with Crippen LogP contribution >= 0.6 is 0 Å². The summed E-state index contributed by atoms with van der Waals surface area (Å²) in [5, 5.41) is 0. The molecule has 0 aromatic heterocycles. The topological polar surface area (TPSA) is 84.7 Å². The van der Waals surface area contributed by atoms with Gasteiger partial charge in [0.05, 0.1) is 17.7 Å². The average molecular weight is 319 g/mol. The molecule has 0 saturated heterocycles. The molecule has 21 heavy (non-hydrogen) atoms. The normalized spacial score (nSPS) is 11.9. The molecule has 0 spiro atoms. The van der Waals surface area contributed by atoms with Gasteiger partial charge in [0, 0.05) is 13.1 Å². The standard InChI is InChI=1S/C13H22FN3O3S/c1-4-17(5-2)7-6-16-21(18,19)10-8-11(14)13(20-3)12(15)9-10/h8-9,16H,4-7,15H2,1-3H3. The molecule has 0 aliphatic heterocycles. The van der Waals surface area contributed by atoms with E-state index in [1.165, 1.54) is 13.2 Å². The third kappa shape index (κ3) is 4.55. The lowest BCUT2D eigenvalue weighted by Gasteiger charge is -2.18. The number of ether oxygens (including phenoxy) is 1. The zero-order chi connectivity index (χ0) is 16.0. The second-order valence-corrected chi connectivity index (χ2v) is 6.22. The minimum Gasteiger partial charge on any atom is -0.492 e. The molecule has 1 rings (SSSR count). The van der Waals surface area contributed by atoms with Crippen molar-refractivity contribution < 1.29 is 17.5 Å². The minimum absolute atomic E-state index is 0.0541. The highest BCUT2D eigenvalue weighted by Gasteiger charge is 2.19. The first-order chi connectivity index (χ1) is 9.85. The summed E-state index contributed by atoms with van der Waals surface area (Å²) in [5.74, 6) is -0.960. The highest BCUT2D eigenvalue weighted by molar-refractivity contribution is 7.89. The zero-order valence-electron chi connectivity index (χ0n) is 12.5. The van der Waals surface area contributed by atoms with E-state index in [0.717, 1.165) is 19.2 Å². The highest BCUT2D eigenvalue weighted by Crippen LogP contribution is 2.28. The second-order valence-electron chi connectivity index (χ2n) is 4.45. The summed E-state index contributed by atoms with van der Waals surface area (Å²) in [6.45, 7) is 6.50. The summed E-state index contributed by atoms with van der Waals surface area (Å²) in [6, 6.07) is 2.08. The fourth-order valence-corrected chi connectivity index (χ4v) is 2.99. The molecule has 0 atom stereocenters. The van der Waals surface area contributed by atoms with Crippen LogP contribution in [-0.2, 0) is 10.0 Å². The molecule has 0 aliphatic carbocycles. The molecule has 1 aromatic rings. The van der Waals surface area contributed by atoms with Crippen molar-refractivity contribution in [3.05, 3.63) is 17.9 Å². The Labute approximate surface area is 125 Å². The summed E-state index contributed by atoms with van der Waals surface area (Å²) < 4.78 is 45.1. The van der Waals surface area contributed by atoms with Gasteiger partial charge in [-0.25, -0.2) is 17.5 Å². The lowest BCUT2D eigenvalue weighted by Crippen LogP contribution is -2.34. The van der Waals surface area contributed by atoms with E-state index in [1.54, 1.807) is 0 Å². The maximum atomic E-state index is 13.7. The van der Waals surface area contributed by atoms with Gasteiger partial charge in [-0.05, 0) is 25.2 Å². The molecule has 0 amide bonds. The number of methoxy groups -OCH3 is 1. The number of rotatable bonds is 8. The van der Waals surface area contributed by atoms with E-state index in [1.807, 2.05) is 13.8 Å². The van der Waals surface area contributed by atoms with E-state index in [-0.39, 0.29) is 22.9 Å². The van der Waals surface area contributed by atoms with Gasteiger partial charge >= 0.3 is 0 Å². The van der Waals surface area contributed by atoms with E-state index < -0.39 is 15.8 Å². The molecule has 0 unspecified atom stereocenters. The van der Waals surface area contributed by atoms with Crippen molar-refractivity contribution in [1.29, 1.82) is 0 Å². The Bertz CT molecular complexity index is 551. The number of likely N-dealkylation sites (N-methyl/N-ethyl adjacent to an activating group) is 1. The third-order valence-corrected chi connectivity index (χ3v) is 4.62. The van der Waals surface area contributed by atoms with Crippen LogP contribution in [0.25, 0.3) is 0 Å². The molecule has 0 fully saturated rings. The lowest BCUT2D eigenvalue weighted by atomic mass is 10.3. The molecule has 0 radical (unpaired) electrons. The molecular formula is C13H22FN3O3S. The number of halogens is 1. The summed E-state index contributed by atoms with van der Waals surface area (Å²) in [7, 11) is -2.53. The number of sulfonamides is 1. The Morgan fingerprint density at radius 3 is 2.43 bits per heavy atom. The van der Waals surface area contributed by atoms with Gasteiger partial charge in [-0.3, -0.25) is 0 Å². The fraction of sp³-hybridized carbons (Fsp3) is 0.538. The Morgan fingerprint density at radius 1 is 1.33 bits per heavy atom. The molecule has 6 nitrogen and oxygen atoms in total. The Kier molecular flexibility index (Phi) is 6.38. The number of nitrogen functional groups attached to an aromatic ring is 1. The van der Waals surface area contributed by atoms with Crippen LogP contribution < -0.4 is 15.2 Å². The zero-order valence-corrected chi connectivity index (χ0v) is 13.3. The maximum absolute atomic E-state index is 13.7. The Balaban J connectivity index is 2.84. The Hall–Kier alpha value is -1.38. The van der Waals surface area contributed by atoms with Crippen LogP contribution in [0.5, 0.6) is 5.75 Å². The van der Waals surface area contributed by atoms with Crippen molar-refractivity contribution in [3.8, 4) is 5.75 Å². The van der Waals surface area contributed by atoms with Crippen LogP contribution in [-0.4, -0.2) is 46.6 Å². The molecule has 0 aliphatic rings. The van der Waals surface area contributed by atoms with Crippen LogP contribution in [0.1, 0.15) is 13.8 Å². The van der Waals surface area contributed by atoms with Crippen LogP contribution in [0, 0.1) is 5.82 Å². The SMILES string of the molecule is CCN(CC)CCNS(=O)(=O)c1cc(N)c(OC)c(F)c1. The number of hydrogen-bond acceptors (Lipinski definition) is 5. The number of nitrogens with two attached hydrogens (primary N) is 1. The third-order valence-electron chi connectivity index (χ3n) is 3.17. The first kappa shape index (κ1) is 17.7. The van der Waals surface area contributed by atoms with Gasteiger partial charge in [0.15, 0.2) is 11.6 Å². The van der Waals surface area contributed by atoms with Crippen LogP contribution in [0.3, 0.4) is 0 Å². The van der Waals surface area contributed by atoms with E-state index >= 15 is 0 Å². The minimum atomic E-state index is -3.79. The molecule has 8 heteroatoms. The molecular weight excluding hydrogens is 297 g/mol. The van der Waals surface area contributed by atoms with Crippen molar-refractivity contribution in [1.82, 2.24) is 9.62 Å². The quantitative estimate of drug-likeness (QED) is 0.699. The van der Waals surface area contributed by atoms with Crippen molar-refractivity contribution in [2.24, 2.45) is 0 Å². The van der Waals surface area contributed by atoms with Crippen LogP contribution in [0.15, 0.2) is 17.0 Å². The van der Waals surface area contributed by atoms with Gasteiger partial charge in [-0.1, -0.05) is 13.8 Å². The fourth-order valence-electron chi connectivity index (χ4n) is 1.92. The van der Waals surface area contributed by atoms with Crippen LogP contribution in [0.2, 0.25) is 0 Å². The predicted octanol–water partition coefficient (Wildman–Crippen LogP) is 1.04. The monoisotopic (exact) mass is 319 g/mol. The van der Waals surface area contributed by atoms with E-state index in [4.69, 9.17) is 10.5 Å². The van der Waals surface area contributed by atoms with Crippen molar-refractivity contribution in [2.75, 3.05) is 39.0 Å². The molecule has 0 bridgehead atoms. The van der Waals surface area contributed by atoms with Gasteiger partial charge in [0.1, 0.15) is 0 Å². The summed E-state index contributed by atoms with van der Waals surface area (Å²) in [6.07, 6.45) is 0. The van der Waals surface area contributed by atoms with E-state index in [9.17, 15) is 12.8 Å². The van der Waals surface area contributed by atoms with Gasteiger partial charge in [0.2, 0.25) is 10.0 Å². The number of nitrogens with one attached hydrogen (secondary N) is 1. The largest absolute Gasteiger partial charge is 0.492 e.